The summed E-state index contributed by atoms with van der Waals surface area (Å²) in [6.45, 7) is 5.59. The summed E-state index contributed by atoms with van der Waals surface area (Å²) >= 11 is 0. The van der Waals surface area contributed by atoms with E-state index in [0.717, 1.165) is 21.5 Å². The van der Waals surface area contributed by atoms with Crippen LogP contribution in [0.15, 0.2) is 60.0 Å². The molecule has 4 heteroatoms. The summed E-state index contributed by atoms with van der Waals surface area (Å²) in [6.07, 6.45) is 0. The molecule has 1 N–H and O–H groups in total. The van der Waals surface area contributed by atoms with E-state index in [9.17, 15) is 13.0 Å². The zero-order valence-electron chi connectivity index (χ0n) is 11.5. The fraction of sp³-hybridized carbons (Fsp3) is 0.0588. The minimum Gasteiger partial charge on any atom is -0.282 e. The van der Waals surface area contributed by atoms with E-state index in [-0.39, 0.29) is 4.90 Å². The summed E-state index contributed by atoms with van der Waals surface area (Å²) in [5.41, 5.74) is 1.07. The van der Waals surface area contributed by atoms with E-state index in [1.54, 1.807) is 13.0 Å². The Morgan fingerprint density at radius 1 is 1.00 bits per heavy atom. The second kappa shape index (κ2) is 4.69. The number of benzene rings is 3. The molecule has 0 unspecified atom stereocenters. The van der Waals surface area contributed by atoms with Gasteiger partial charge in [0.1, 0.15) is 4.90 Å². The van der Waals surface area contributed by atoms with Crippen molar-refractivity contribution in [1.29, 1.82) is 0 Å². The van der Waals surface area contributed by atoms with Crippen LogP contribution >= 0.6 is 0 Å². The van der Waals surface area contributed by atoms with Crippen LogP contribution in [0.5, 0.6) is 0 Å². The molecule has 3 aromatic carbocycles. The van der Waals surface area contributed by atoms with Gasteiger partial charge in [-0.3, -0.25) is 4.55 Å². The number of allylic oxidation sites excluding steroid dienone is 1. The summed E-state index contributed by atoms with van der Waals surface area (Å²) in [5.74, 6) is 0. The highest BCUT2D eigenvalue weighted by Gasteiger charge is 2.18. The van der Waals surface area contributed by atoms with Gasteiger partial charge in [0.25, 0.3) is 10.1 Å². The lowest BCUT2D eigenvalue weighted by atomic mass is 9.97. The number of hydrogen-bond acceptors (Lipinski definition) is 2. The van der Waals surface area contributed by atoms with E-state index >= 15 is 0 Å². The van der Waals surface area contributed by atoms with Crippen molar-refractivity contribution in [1.82, 2.24) is 0 Å². The lowest BCUT2D eigenvalue weighted by Gasteiger charge is -2.12. The first-order chi connectivity index (χ1) is 9.88. The van der Waals surface area contributed by atoms with Crippen LogP contribution in [0.3, 0.4) is 0 Å². The van der Waals surface area contributed by atoms with Crippen LogP contribution in [-0.4, -0.2) is 13.0 Å². The van der Waals surface area contributed by atoms with Gasteiger partial charge in [-0.05, 0) is 52.2 Å². The van der Waals surface area contributed by atoms with Gasteiger partial charge < -0.3 is 0 Å². The molecule has 0 bridgehead atoms. The Labute approximate surface area is 123 Å². The summed E-state index contributed by atoms with van der Waals surface area (Å²) in [7, 11) is -4.28. The summed E-state index contributed by atoms with van der Waals surface area (Å²) in [5, 5.41) is 3.78. The van der Waals surface area contributed by atoms with Crippen molar-refractivity contribution < 1.29 is 13.0 Å². The molecule has 0 fully saturated rings. The van der Waals surface area contributed by atoms with Crippen LogP contribution in [-0.2, 0) is 10.1 Å². The molecule has 0 aliphatic heterocycles. The van der Waals surface area contributed by atoms with E-state index < -0.39 is 10.1 Å². The van der Waals surface area contributed by atoms with Gasteiger partial charge in [-0.15, -0.1) is 0 Å². The van der Waals surface area contributed by atoms with Gasteiger partial charge in [-0.25, -0.2) is 0 Å². The Morgan fingerprint density at radius 2 is 1.62 bits per heavy atom. The van der Waals surface area contributed by atoms with Crippen LogP contribution < -0.4 is 0 Å². The summed E-state index contributed by atoms with van der Waals surface area (Å²) in [6, 6.07) is 14.9. The zero-order chi connectivity index (χ0) is 15.2. The monoisotopic (exact) mass is 298 g/mol. The molecule has 0 aliphatic carbocycles. The van der Waals surface area contributed by atoms with Gasteiger partial charge in [-0.2, -0.15) is 8.42 Å². The van der Waals surface area contributed by atoms with Gasteiger partial charge in [0.15, 0.2) is 0 Å². The Balaban J connectivity index is 2.53. The molecule has 0 spiro atoms. The third-order valence-electron chi connectivity index (χ3n) is 3.55. The quantitative estimate of drug-likeness (QED) is 0.567. The number of rotatable bonds is 2. The fourth-order valence-corrected chi connectivity index (χ4v) is 3.43. The molecule has 0 heterocycles. The minimum absolute atomic E-state index is 0.0993. The van der Waals surface area contributed by atoms with Gasteiger partial charge >= 0.3 is 0 Å². The van der Waals surface area contributed by atoms with Crippen molar-refractivity contribution in [2.24, 2.45) is 0 Å². The molecule has 3 aromatic rings. The average Bonchev–Trinajstić information content (AvgIpc) is 2.42. The Kier molecular flexibility index (Phi) is 3.08. The van der Waals surface area contributed by atoms with Crippen LogP contribution in [0.2, 0.25) is 0 Å². The Hall–Kier alpha value is -2.17. The molecular weight excluding hydrogens is 284 g/mol. The molecule has 0 amide bonds. The normalized spacial score (nSPS) is 11.9. The molecule has 3 rings (SSSR count). The molecular formula is C17H14O3S. The second-order valence-electron chi connectivity index (χ2n) is 5.11. The van der Waals surface area contributed by atoms with Crippen molar-refractivity contribution in [3.63, 3.8) is 0 Å². The highest BCUT2D eigenvalue weighted by Crippen LogP contribution is 2.33. The van der Waals surface area contributed by atoms with Crippen molar-refractivity contribution >= 4 is 37.2 Å². The first-order valence-corrected chi connectivity index (χ1v) is 7.91. The third kappa shape index (κ3) is 2.33. The van der Waals surface area contributed by atoms with Gasteiger partial charge in [0.05, 0.1) is 0 Å². The van der Waals surface area contributed by atoms with Crippen LogP contribution in [0, 0.1) is 0 Å². The number of hydrogen-bond donors (Lipinski definition) is 1. The lowest BCUT2D eigenvalue weighted by Crippen LogP contribution is -2.02. The predicted octanol–water partition coefficient (Wildman–Crippen LogP) is 4.27. The van der Waals surface area contributed by atoms with Crippen molar-refractivity contribution in [3.8, 4) is 0 Å². The lowest BCUT2D eigenvalue weighted by molar-refractivity contribution is 0.483. The zero-order valence-corrected chi connectivity index (χ0v) is 12.3. The maximum absolute atomic E-state index is 11.6. The maximum Gasteiger partial charge on any atom is 0.295 e. The molecule has 0 saturated carbocycles. The summed E-state index contributed by atoms with van der Waals surface area (Å²) in [4.78, 5) is -0.0993. The standard InChI is InChI=1S/C17H14O3S/c1-11(2)17-15-10-13-6-4-3-5-12(13)9-14(15)7-8-16(17)21(18,19)20/h3-10H,1H2,2H3,(H,18,19,20). The van der Waals surface area contributed by atoms with E-state index in [0.29, 0.717) is 11.1 Å². The molecule has 0 aromatic heterocycles. The van der Waals surface area contributed by atoms with Crippen LogP contribution in [0.1, 0.15) is 12.5 Å². The SMILES string of the molecule is C=C(C)c1c(S(=O)(=O)O)ccc2cc3ccccc3cc12. The molecule has 0 saturated heterocycles. The molecule has 3 nitrogen and oxygen atoms in total. The topological polar surface area (TPSA) is 54.4 Å². The van der Waals surface area contributed by atoms with E-state index in [1.807, 2.05) is 36.4 Å². The maximum atomic E-state index is 11.6. The largest absolute Gasteiger partial charge is 0.295 e. The van der Waals surface area contributed by atoms with Gasteiger partial charge in [0.2, 0.25) is 0 Å². The third-order valence-corrected chi connectivity index (χ3v) is 4.45. The molecule has 21 heavy (non-hydrogen) atoms. The average molecular weight is 298 g/mol. The predicted molar refractivity (Wildman–Crippen MR) is 86.0 cm³/mol. The van der Waals surface area contributed by atoms with E-state index in [1.165, 1.54) is 6.07 Å². The first kappa shape index (κ1) is 13.8. The fourth-order valence-electron chi connectivity index (χ4n) is 2.65. The van der Waals surface area contributed by atoms with E-state index in [2.05, 4.69) is 6.58 Å². The van der Waals surface area contributed by atoms with Crippen molar-refractivity contribution in [2.45, 2.75) is 11.8 Å². The molecule has 106 valence electrons. The molecule has 0 atom stereocenters. The molecule has 0 aliphatic rings. The molecule has 0 radical (unpaired) electrons. The minimum atomic E-state index is -4.28. The second-order valence-corrected chi connectivity index (χ2v) is 6.50. The summed E-state index contributed by atoms with van der Waals surface area (Å²) < 4.78 is 32.6. The highest BCUT2D eigenvalue weighted by atomic mass is 32.2. The van der Waals surface area contributed by atoms with E-state index in [4.69, 9.17) is 0 Å². The van der Waals surface area contributed by atoms with Crippen LogP contribution in [0.4, 0.5) is 0 Å². The Morgan fingerprint density at radius 3 is 2.19 bits per heavy atom. The van der Waals surface area contributed by atoms with Gasteiger partial charge in [-0.1, -0.05) is 36.9 Å². The Bertz CT molecular complexity index is 986. The first-order valence-electron chi connectivity index (χ1n) is 6.47. The van der Waals surface area contributed by atoms with Gasteiger partial charge in [0, 0.05) is 5.56 Å². The number of fused-ring (bicyclic) bond motifs is 2. The smallest absolute Gasteiger partial charge is 0.282 e. The van der Waals surface area contributed by atoms with Crippen molar-refractivity contribution in [2.75, 3.05) is 0 Å². The van der Waals surface area contributed by atoms with Crippen LogP contribution in [0.25, 0.3) is 27.1 Å². The van der Waals surface area contributed by atoms with Crippen molar-refractivity contribution in [3.05, 3.63) is 60.7 Å². The highest BCUT2D eigenvalue weighted by molar-refractivity contribution is 7.86.